The van der Waals surface area contributed by atoms with Gasteiger partial charge in [0, 0.05) is 6.04 Å². The molecule has 0 aromatic heterocycles. The lowest BCUT2D eigenvalue weighted by molar-refractivity contribution is -0.0545. The summed E-state index contributed by atoms with van der Waals surface area (Å²) in [4.78, 5) is 0. The van der Waals surface area contributed by atoms with E-state index in [1.807, 2.05) is 0 Å². The van der Waals surface area contributed by atoms with E-state index in [1.165, 1.54) is 25.7 Å². The third-order valence-corrected chi connectivity index (χ3v) is 5.86. The second-order valence-electron chi connectivity index (χ2n) is 6.09. The molecule has 1 nitrogen and oxygen atoms in total. The van der Waals surface area contributed by atoms with Gasteiger partial charge in [-0.3, -0.25) is 0 Å². The highest BCUT2D eigenvalue weighted by Crippen LogP contribution is 2.64. The molecule has 1 aromatic rings. The van der Waals surface area contributed by atoms with E-state index in [4.69, 9.17) is 0 Å². The Morgan fingerprint density at radius 2 is 1.94 bits per heavy atom. The molecule has 0 bridgehead atoms. The third-order valence-electron chi connectivity index (χ3n) is 5.86. The molecule has 1 aromatic carbocycles. The van der Waals surface area contributed by atoms with Crippen LogP contribution >= 0.6 is 0 Å². The van der Waals surface area contributed by atoms with Gasteiger partial charge in [0.05, 0.1) is 0 Å². The molecule has 3 unspecified atom stereocenters. The van der Waals surface area contributed by atoms with Crippen molar-refractivity contribution in [3.8, 4) is 0 Å². The van der Waals surface area contributed by atoms with Gasteiger partial charge in [-0.25, -0.2) is 0 Å². The number of benzene rings is 1. The Bertz CT molecular complexity index is 433. The highest BCUT2D eigenvalue weighted by Gasteiger charge is 2.60. The first-order chi connectivity index (χ1) is 8.78. The van der Waals surface area contributed by atoms with Gasteiger partial charge >= 0.3 is 0 Å². The normalized spacial score (nSPS) is 32.3. The summed E-state index contributed by atoms with van der Waals surface area (Å²) in [5.74, 6) is 1.67. The first-order valence-corrected chi connectivity index (χ1v) is 7.53. The predicted octanol–water partition coefficient (Wildman–Crippen LogP) is 3.74. The largest absolute Gasteiger partial charge is 0.316 e. The zero-order valence-electron chi connectivity index (χ0n) is 11.9. The second-order valence-corrected chi connectivity index (χ2v) is 6.09. The van der Waals surface area contributed by atoms with E-state index in [0.717, 1.165) is 17.9 Å². The molecular weight excluding hydrogens is 218 g/mol. The van der Waals surface area contributed by atoms with Crippen LogP contribution in [-0.2, 0) is 6.42 Å². The summed E-state index contributed by atoms with van der Waals surface area (Å²) < 4.78 is 0. The van der Waals surface area contributed by atoms with Crippen LogP contribution in [0.15, 0.2) is 24.3 Å². The maximum atomic E-state index is 3.62. The highest BCUT2D eigenvalue weighted by molar-refractivity contribution is 5.40. The van der Waals surface area contributed by atoms with Gasteiger partial charge in [-0.15, -0.1) is 0 Å². The number of hydrogen-bond donors (Lipinski definition) is 1. The van der Waals surface area contributed by atoms with Crippen LogP contribution in [0.5, 0.6) is 0 Å². The SMILES string of the molecule is CCC1(CC)C(NC)C2CCc3ccccc3C21. The van der Waals surface area contributed by atoms with Crippen molar-refractivity contribution in [2.24, 2.45) is 11.3 Å². The minimum absolute atomic E-state index is 0.496. The molecule has 18 heavy (non-hydrogen) atoms. The molecule has 2 aliphatic carbocycles. The molecule has 1 saturated carbocycles. The molecule has 0 amide bonds. The summed E-state index contributed by atoms with van der Waals surface area (Å²) in [7, 11) is 2.15. The van der Waals surface area contributed by atoms with Crippen molar-refractivity contribution in [3.63, 3.8) is 0 Å². The Labute approximate surface area is 111 Å². The van der Waals surface area contributed by atoms with Crippen molar-refractivity contribution >= 4 is 0 Å². The zero-order chi connectivity index (χ0) is 12.8. The smallest absolute Gasteiger partial charge is 0.0161 e. The van der Waals surface area contributed by atoms with E-state index in [1.54, 1.807) is 11.1 Å². The van der Waals surface area contributed by atoms with E-state index in [9.17, 15) is 0 Å². The van der Waals surface area contributed by atoms with E-state index >= 15 is 0 Å². The van der Waals surface area contributed by atoms with Gasteiger partial charge in [0.15, 0.2) is 0 Å². The fourth-order valence-corrected chi connectivity index (χ4v) is 5.01. The third kappa shape index (κ3) is 1.37. The molecule has 2 aliphatic rings. The first kappa shape index (κ1) is 12.2. The number of hydrogen-bond acceptors (Lipinski definition) is 1. The van der Waals surface area contributed by atoms with E-state index in [-0.39, 0.29) is 0 Å². The lowest BCUT2D eigenvalue weighted by Crippen LogP contribution is -2.65. The summed E-state index contributed by atoms with van der Waals surface area (Å²) in [5, 5.41) is 3.62. The summed E-state index contributed by atoms with van der Waals surface area (Å²) in [6.07, 6.45) is 5.24. The maximum Gasteiger partial charge on any atom is 0.0161 e. The molecule has 3 atom stereocenters. The molecule has 3 rings (SSSR count). The fourth-order valence-electron chi connectivity index (χ4n) is 5.01. The van der Waals surface area contributed by atoms with Crippen LogP contribution in [0, 0.1) is 11.3 Å². The maximum absolute atomic E-state index is 3.62. The molecular formula is C17H25N. The first-order valence-electron chi connectivity index (χ1n) is 7.53. The molecule has 1 fully saturated rings. The van der Waals surface area contributed by atoms with Gasteiger partial charge < -0.3 is 5.32 Å². The van der Waals surface area contributed by atoms with Gasteiger partial charge in [-0.2, -0.15) is 0 Å². The van der Waals surface area contributed by atoms with Crippen molar-refractivity contribution < 1.29 is 0 Å². The topological polar surface area (TPSA) is 12.0 Å². The minimum atomic E-state index is 0.496. The Morgan fingerprint density at radius 3 is 2.61 bits per heavy atom. The van der Waals surface area contributed by atoms with Crippen molar-refractivity contribution in [1.82, 2.24) is 5.32 Å². The lowest BCUT2D eigenvalue weighted by atomic mass is 9.43. The molecule has 98 valence electrons. The van der Waals surface area contributed by atoms with Crippen LogP contribution in [-0.4, -0.2) is 13.1 Å². The molecule has 1 N–H and O–H groups in total. The van der Waals surface area contributed by atoms with Crippen LogP contribution in [0.25, 0.3) is 0 Å². The zero-order valence-corrected chi connectivity index (χ0v) is 11.9. The quantitative estimate of drug-likeness (QED) is 0.852. The molecule has 0 spiro atoms. The highest BCUT2D eigenvalue weighted by atomic mass is 15.0. The standard InChI is InChI=1S/C17H25N/c1-4-17(5-2)15-13-9-7-6-8-12(13)10-11-14(15)16(17)18-3/h6-9,14-16,18H,4-5,10-11H2,1-3H3. The van der Waals surface area contributed by atoms with Crippen LogP contribution < -0.4 is 5.32 Å². The number of aryl methyl sites for hydroxylation is 1. The van der Waals surface area contributed by atoms with E-state index in [0.29, 0.717) is 5.41 Å². The number of fused-ring (bicyclic) bond motifs is 3. The lowest BCUT2D eigenvalue weighted by Gasteiger charge is -2.64. The predicted molar refractivity (Wildman–Crippen MR) is 76.9 cm³/mol. The summed E-state index contributed by atoms with van der Waals surface area (Å²) >= 11 is 0. The Hall–Kier alpha value is -0.820. The van der Waals surface area contributed by atoms with Gasteiger partial charge in [-0.1, -0.05) is 38.1 Å². The summed E-state index contributed by atoms with van der Waals surface area (Å²) in [6, 6.07) is 9.88. The molecule has 0 saturated heterocycles. The second kappa shape index (κ2) is 4.38. The van der Waals surface area contributed by atoms with E-state index in [2.05, 4.69) is 50.5 Å². The van der Waals surface area contributed by atoms with Crippen LogP contribution in [0.1, 0.15) is 50.2 Å². The van der Waals surface area contributed by atoms with Gasteiger partial charge in [0.25, 0.3) is 0 Å². The van der Waals surface area contributed by atoms with Crippen LogP contribution in [0.2, 0.25) is 0 Å². The Balaban J connectivity index is 2.04. The van der Waals surface area contributed by atoms with Gasteiger partial charge in [0.2, 0.25) is 0 Å². The average Bonchev–Trinajstić information content (AvgIpc) is 2.41. The number of rotatable bonds is 3. The molecule has 0 aliphatic heterocycles. The molecule has 0 heterocycles. The van der Waals surface area contributed by atoms with Crippen molar-refractivity contribution in [2.75, 3.05) is 7.05 Å². The molecule has 0 radical (unpaired) electrons. The Morgan fingerprint density at radius 1 is 1.22 bits per heavy atom. The summed E-state index contributed by atoms with van der Waals surface area (Å²) in [6.45, 7) is 4.75. The van der Waals surface area contributed by atoms with Crippen molar-refractivity contribution in [3.05, 3.63) is 35.4 Å². The average molecular weight is 243 g/mol. The minimum Gasteiger partial charge on any atom is -0.316 e. The van der Waals surface area contributed by atoms with Crippen molar-refractivity contribution in [1.29, 1.82) is 0 Å². The fraction of sp³-hybridized carbons (Fsp3) is 0.647. The molecule has 1 heteroatoms. The van der Waals surface area contributed by atoms with E-state index < -0.39 is 0 Å². The number of nitrogens with one attached hydrogen (secondary N) is 1. The van der Waals surface area contributed by atoms with Crippen molar-refractivity contribution in [2.45, 2.75) is 51.5 Å². The monoisotopic (exact) mass is 243 g/mol. The van der Waals surface area contributed by atoms with Gasteiger partial charge in [0.1, 0.15) is 0 Å². The Kier molecular flexibility index (Phi) is 2.97. The van der Waals surface area contributed by atoms with Gasteiger partial charge in [-0.05, 0) is 61.1 Å². The summed E-state index contributed by atoms with van der Waals surface area (Å²) in [5.41, 5.74) is 3.76. The van der Waals surface area contributed by atoms with Crippen LogP contribution in [0.4, 0.5) is 0 Å². The van der Waals surface area contributed by atoms with Crippen LogP contribution in [0.3, 0.4) is 0 Å².